The molecule has 1 N–H and O–H groups in total. The maximum absolute atomic E-state index is 5.00. The second-order valence-corrected chi connectivity index (χ2v) is 8.45. The van der Waals surface area contributed by atoms with Crippen LogP contribution in [0.4, 0.5) is 0 Å². The molecule has 6 heteroatoms. The predicted octanol–water partition coefficient (Wildman–Crippen LogP) is 5.39. The number of aromatic amines is 1. The molecule has 0 unspecified atom stereocenters. The molecular weight excluding hydrogens is 372 g/mol. The van der Waals surface area contributed by atoms with Crippen molar-refractivity contribution in [3.8, 4) is 22.6 Å². The van der Waals surface area contributed by atoms with E-state index >= 15 is 0 Å². The monoisotopic (exact) mass is 400 g/mol. The Morgan fingerprint density at radius 3 is 2.83 bits per heavy atom. The summed E-state index contributed by atoms with van der Waals surface area (Å²) in [5.74, 6) is 1.94. The fourth-order valence-electron chi connectivity index (χ4n) is 4.61. The highest BCUT2D eigenvalue weighted by Gasteiger charge is 2.17. The summed E-state index contributed by atoms with van der Waals surface area (Å²) >= 11 is 0. The SMILES string of the molecule is Cc1cccc(-c2[nH]c(CCCC3CCCCC3)nc2-c2ccc3ncnn3c2)n1. The first-order valence-electron chi connectivity index (χ1n) is 11.1. The van der Waals surface area contributed by atoms with Crippen molar-refractivity contribution in [1.29, 1.82) is 0 Å². The normalized spacial score (nSPS) is 15.1. The summed E-state index contributed by atoms with van der Waals surface area (Å²) in [5.41, 5.74) is 5.68. The summed E-state index contributed by atoms with van der Waals surface area (Å²) in [7, 11) is 0. The van der Waals surface area contributed by atoms with Gasteiger partial charge in [0.2, 0.25) is 0 Å². The van der Waals surface area contributed by atoms with E-state index in [4.69, 9.17) is 9.97 Å². The lowest BCUT2D eigenvalue weighted by atomic mass is 9.86. The van der Waals surface area contributed by atoms with Crippen LogP contribution in [-0.4, -0.2) is 29.5 Å². The van der Waals surface area contributed by atoms with Gasteiger partial charge in [0.05, 0.1) is 17.1 Å². The van der Waals surface area contributed by atoms with Gasteiger partial charge in [-0.3, -0.25) is 4.98 Å². The molecule has 0 radical (unpaired) electrons. The first-order valence-corrected chi connectivity index (χ1v) is 11.1. The van der Waals surface area contributed by atoms with Crippen molar-refractivity contribution < 1.29 is 0 Å². The molecule has 0 amide bonds. The Kier molecular flexibility index (Phi) is 5.30. The lowest BCUT2D eigenvalue weighted by molar-refractivity contribution is 0.332. The van der Waals surface area contributed by atoms with Crippen LogP contribution >= 0.6 is 0 Å². The van der Waals surface area contributed by atoms with Crippen molar-refractivity contribution in [3.63, 3.8) is 0 Å². The number of fused-ring (bicyclic) bond motifs is 1. The van der Waals surface area contributed by atoms with E-state index in [0.29, 0.717) is 0 Å². The number of aromatic nitrogens is 6. The smallest absolute Gasteiger partial charge is 0.155 e. The van der Waals surface area contributed by atoms with Gasteiger partial charge in [-0.05, 0) is 43.5 Å². The van der Waals surface area contributed by atoms with Gasteiger partial charge in [0.1, 0.15) is 12.2 Å². The average molecular weight is 401 g/mol. The third-order valence-electron chi connectivity index (χ3n) is 6.20. The van der Waals surface area contributed by atoms with Crippen LogP contribution in [0.25, 0.3) is 28.3 Å². The predicted molar refractivity (Wildman–Crippen MR) is 118 cm³/mol. The molecular formula is C24H28N6. The van der Waals surface area contributed by atoms with Gasteiger partial charge in [0.15, 0.2) is 5.65 Å². The minimum Gasteiger partial charge on any atom is -0.340 e. The number of imidazole rings is 1. The summed E-state index contributed by atoms with van der Waals surface area (Å²) in [6.45, 7) is 2.02. The maximum atomic E-state index is 5.00. The fraction of sp³-hybridized carbons (Fsp3) is 0.417. The number of nitrogens with zero attached hydrogens (tertiary/aromatic N) is 5. The average Bonchev–Trinajstić information content (AvgIpc) is 3.41. The quantitative estimate of drug-likeness (QED) is 0.471. The summed E-state index contributed by atoms with van der Waals surface area (Å²) < 4.78 is 1.79. The molecule has 1 aliphatic rings. The van der Waals surface area contributed by atoms with E-state index in [1.54, 1.807) is 10.8 Å². The van der Waals surface area contributed by atoms with Crippen LogP contribution in [0.5, 0.6) is 0 Å². The molecule has 0 aromatic carbocycles. The highest BCUT2D eigenvalue weighted by molar-refractivity contribution is 5.77. The first-order chi connectivity index (χ1) is 14.8. The van der Waals surface area contributed by atoms with Crippen LogP contribution < -0.4 is 0 Å². The highest BCUT2D eigenvalue weighted by atomic mass is 15.3. The van der Waals surface area contributed by atoms with Gasteiger partial charge in [-0.2, -0.15) is 5.10 Å². The molecule has 154 valence electrons. The molecule has 5 rings (SSSR count). The number of hydrogen-bond donors (Lipinski definition) is 1. The summed E-state index contributed by atoms with van der Waals surface area (Å²) in [5, 5.41) is 4.28. The van der Waals surface area contributed by atoms with E-state index in [9.17, 15) is 0 Å². The van der Waals surface area contributed by atoms with Gasteiger partial charge >= 0.3 is 0 Å². The van der Waals surface area contributed by atoms with Crippen molar-refractivity contribution in [2.45, 2.75) is 58.3 Å². The number of pyridine rings is 2. The van der Waals surface area contributed by atoms with E-state index in [1.165, 1.54) is 44.9 Å². The summed E-state index contributed by atoms with van der Waals surface area (Å²) in [6.07, 6.45) is 14.1. The molecule has 1 aliphatic carbocycles. The van der Waals surface area contributed by atoms with E-state index < -0.39 is 0 Å². The van der Waals surface area contributed by atoms with Crippen LogP contribution in [0.1, 0.15) is 56.5 Å². The molecule has 4 aromatic rings. The Hall–Kier alpha value is -3.02. The zero-order valence-corrected chi connectivity index (χ0v) is 17.5. The van der Waals surface area contributed by atoms with Gasteiger partial charge < -0.3 is 4.98 Å². The standard InChI is InChI=1S/C24H28N6/c1-17-7-5-11-20(27-17)24-23(19-13-14-22-25-16-26-30(22)15-19)28-21(29-24)12-6-10-18-8-3-2-4-9-18/h5,7,11,13-16,18H,2-4,6,8-10,12H2,1H3,(H,28,29). The second-order valence-electron chi connectivity index (χ2n) is 8.45. The Labute approximate surface area is 176 Å². The molecule has 6 nitrogen and oxygen atoms in total. The molecule has 0 saturated heterocycles. The van der Waals surface area contributed by atoms with Gasteiger partial charge in [-0.25, -0.2) is 14.5 Å². The van der Waals surface area contributed by atoms with Crippen molar-refractivity contribution in [2.24, 2.45) is 5.92 Å². The lowest BCUT2D eigenvalue weighted by Gasteiger charge is -2.20. The largest absolute Gasteiger partial charge is 0.340 e. The molecule has 1 saturated carbocycles. The molecule has 0 atom stereocenters. The molecule has 0 spiro atoms. The third-order valence-corrected chi connectivity index (χ3v) is 6.20. The summed E-state index contributed by atoms with van der Waals surface area (Å²) in [6, 6.07) is 10.2. The van der Waals surface area contributed by atoms with Crippen molar-refractivity contribution in [2.75, 3.05) is 0 Å². The van der Waals surface area contributed by atoms with Crippen molar-refractivity contribution in [1.82, 2.24) is 29.5 Å². The Morgan fingerprint density at radius 1 is 1.07 bits per heavy atom. The van der Waals surface area contributed by atoms with Gasteiger partial charge in [-0.1, -0.05) is 44.6 Å². The van der Waals surface area contributed by atoms with Crippen LogP contribution in [0.15, 0.2) is 42.9 Å². The van der Waals surface area contributed by atoms with E-state index in [0.717, 1.165) is 52.1 Å². The van der Waals surface area contributed by atoms with Gasteiger partial charge in [-0.15, -0.1) is 0 Å². The Morgan fingerprint density at radius 2 is 1.97 bits per heavy atom. The Bertz CT molecular complexity index is 1140. The summed E-state index contributed by atoms with van der Waals surface area (Å²) in [4.78, 5) is 17.6. The minimum atomic E-state index is 0.831. The molecule has 0 bridgehead atoms. The van der Waals surface area contributed by atoms with Crippen LogP contribution in [0.2, 0.25) is 0 Å². The number of rotatable bonds is 6. The maximum Gasteiger partial charge on any atom is 0.155 e. The van der Waals surface area contributed by atoms with Crippen molar-refractivity contribution >= 4 is 5.65 Å². The number of hydrogen-bond acceptors (Lipinski definition) is 4. The van der Waals surface area contributed by atoms with E-state index in [1.807, 2.05) is 37.4 Å². The lowest BCUT2D eigenvalue weighted by Crippen LogP contribution is -2.06. The van der Waals surface area contributed by atoms with Crippen molar-refractivity contribution in [3.05, 3.63) is 54.4 Å². The second kappa shape index (κ2) is 8.38. The highest BCUT2D eigenvalue weighted by Crippen LogP contribution is 2.31. The number of aryl methyl sites for hydroxylation is 2. The molecule has 4 heterocycles. The van der Waals surface area contributed by atoms with Crippen LogP contribution in [-0.2, 0) is 6.42 Å². The molecule has 4 aromatic heterocycles. The number of nitrogens with one attached hydrogen (secondary N) is 1. The minimum absolute atomic E-state index is 0.831. The Balaban J connectivity index is 1.44. The van der Waals surface area contributed by atoms with Gasteiger partial charge in [0.25, 0.3) is 0 Å². The fourth-order valence-corrected chi connectivity index (χ4v) is 4.61. The zero-order chi connectivity index (χ0) is 20.3. The molecule has 1 fully saturated rings. The zero-order valence-electron chi connectivity index (χ0n) is 17.5. The molecule has 30 heavy (non-hydrogen) atoms. The molecule has 0 aliphatic heterocycles. The topological polar surface area (TPSA) is 71.8 Å². The first kappa shape index (κ1) is 19.0. The van der Waals surface area contributed by atoms with Crippen LogP contribution in [0, 0.1) is 12.8 Å². The van der Waals surface area contributed by atoms with Crippen LogP contribution in [0.3, 0.4) is 0 Å². The number of H-pyrrole nitrogens is 1. The third kappa shape index (κ3) is 3.99. The van der Waals surface area contributed by atoms with E-state index in [2.05, 4.69) is 21.1 Å². The van der Waals surface area contributed by atoms with Gasteiger partial charge in [0, 0.05) is 23.9 Å². The van der Waals surface area contributed by atoms with E-state index in [-0.39, 0.29) is 0 Å².